The highest BCUT2D eigenvalue weighted by Crippen LogP contribution is 2.26. The fraction of sp³-hybridized carbons (Fsp3) is 0.200. The van der Waals surface area contributed by atoms with E-state index < -0.39 is 21.6 Å². The fourth-order valence-electron chi connectivity index (χ4n) is 4.22. The third-order valence-corrected chi connectivity index (χ3v) is 7.30. The molecule has 1 amide bonds. The lowest BCUT2D eigenvalue weighted by Gasteiger charge is -2.13. The maximum absolute atomic E-state index is 13.0. The molecule has 0 saturated heterocycles. The van der Waals surface area contributed by atoms with E-state index in [1.165, 1.54) is 35.4 Å². The van der Waals surface area contributed by atoms with Gasteiger partial charge in [-0.05, 0) is 72.9 Å². The highest BCUT2D eigenvalue weighted by Gasteiger charge is 2.19. The molecule has 1 aliphatic rings. The third kappa shape index (κ3) is 4.92. The Morgan fingerprint density at radius 2 is 1.74 bits per heavy atom. The van der Waals surface area contributed by atoms with Crippen molar-refractivity contribution in [3.63, 3.8) is 0 Å². The fourth-order valence-corrected chi connectivity index (χ4v) is 5.32. The van der Waals surface area contributed by atoms with Gasteiger partial charge in [0.2, 0.25) is 0 Å². The van der Waals surface area contributed by atoms with Crippen LogP contribution in [0.4, 0.5) is 5.69 Å². The molecule has 3 aromatic carbocycles. The second kappa shape index (κ2) is 9.30. The van der Waals surface area contributed by atoms with Gasteiger partial charge in [0.25, 0.3) is 15.9 Å². The van der Waals surface area contributed by atoms with Gasteiger partial charge in [-0.3, -0.25) is 9.52 Å². The number of hydrogen-bond donors (Lipinski definition) is 4. The first-order valence-electron chi connectivity index (χ1n) is 11.3. The topological polar surface area (TPSA) is 133 Å². The number of para-hydroxylation sites is 1. The van der Waals surface area contributed by atoms with Gasteiger partial charge in [-0.2, -0.15) is 0 Å². The molecule has 0 spiro atoms. The van der Waals surface area contributed by atoms with Crippen LogP contribution in [0.25, 0.3) is 11.0 Å². The van der Waals surface area contributed by atoms with Crippen LogP contribution < -0.4 is 20.5 Å². The van der Waals surface area contributed by atoms with Crippen LogP contribution in [0.1, 0.15) is 27.9 Å². The highest BCUT2D eigenvalue weighted by atomic mass is 32.2. The van der Waals surface area contributed by atoms with Crippen molar-refractivity contribution in [2.24, 2.45) is 0 Å². The van der Waals surface area contributed by atoms with Crippen LogP contribution in [0.2, 0.25) is 0 Å². The number of amides is 1. The van der Waals surface area contributed by atoms with Crippen LogP contribution in [0.15, 0.2) is 70.4 Å². The zero-order chi connectivity index (χ0) is 24.4. The van der Waals surface area contributed by atoms with Gasteiger partial charge in [0.15, 0.2) is 0 Å². The summed E-state index contributed by atoms with van der Waals surface area (Å²) in [5.74, 6) is 0.347. The molecule has 0 bridgehead atoms. The first-order valence-corrected chi connectivity index (χ1v) is 12.7. The van der Waals surface area contributed by atoms with Gasteiger partial charge in [0, 0.05) is 0 Å². The monoisotopic (exact) mass is 492 g/mol. The van der Waals surface area contributed by atoms with Crippen molar-refractivity contribution in [3.05, 3.63) is 87.8 Å². The van der Waals surface area contributed by atoms with Crippen LogP contribution in [0, 0.1) is 0 Å². The van der Waals surface area contributed by atoms with E-state index in [1.807, 2.05) is 6.07 Å². The molecule has 4 N–H and O–H groups in total. The Morgan fingerprint density at radius 3 is 2.63 bits per heavy atom. The highest BCUT2D eigenvalue weighted by molar-refractivity contribution is 7.92. The molecule has 0 fully saturated rings. The number of fused-ring (bicyclic) bond motifs is 2. The summed E-state index contributed by atoms with van der Waals surface area (Å²) in [6.07, 6.45) is 3.33. The molecular formula is C25H24N4O5S. The molecule has 180 valence electrons. The number of sulfonamides is 1. The number of benzene rings is 3. The number of ether oxygens (including phenoxy) is 1. The smallest absolute Gasteiger partial charge is 0.323 e. The quantitative estimate of drug-likeness (QED) is 0.281. The number of rotatable bonds is 8. The zero-order valence-electron chi connectivity index (χ0n) is 18.8. The molecule has 4 aromatic rings. The van der Waals surface area contributed by atoms with Gasteiger partial charge in [-0.1, -0.05) is 18.2 Å². The van der Waals surface area contributed by atoms with Gasteiger partial charge in [0.1, 0.15) is 12.4 Å². The molecule has 10 heteroatoms. The van der Waals surface area contributed by atoms with E-state index in [0.717, 1.165) is 25.0 Å². The Balaban J connectivity index is 1.24. The van der Waals surface area contributed by atoms with Crippen molar-refractivity contribution in [2.45, 2.75) is 24.2 Å². The van der Waals surface area contributed by atoms with Crippen LogP contribution in [0.3, 0.4) is 0 Å². The average Bonchev–Trinajstić information content (AvgIpc) is 3.46. The van der Waals surface area contributed by atoms with Gasteiger partial charge in [0.05, 0.1) is 33.7 Å². The van der Waals surface area contributed by atoms with E-state index in [4.69, 9.17) is 4.74 Å². The van der Waals surface area contributed by atoms with E-state index >= 15 is 0 Å². The van der Waals surface area contributed by atoms with Crippen LogP contribution in [-0.4, -0.2) is 37.4 Å². The summed E-state index contributed by atoms with van der Waals surface area (Å²) in [4.78, 5) is 29.3. The molecule has 0 radical (unpaired) electrons. The van der Waals surface area contributed by atoms with E-state index in [0.29, 0.717) is 11.0 Å². The van der Waals surface area contributed by atoms with Crippen LogP contribution >= 0.6 is 0 Å². The summed E-state index contributed by atoms with van der Waals surface area (Å²) in [7, 11) is -4.01. The molecule has 0 unspecified atom stereocenters. The Morgan fingerprint density at radius 1 is 0.943 bits per heavy atom. The van der Waals surface area contributed by atoms with E-state index in [9.17, 15) is 18.0 Å². The van der Waals surface area contributed by atoms with Crippen LogP contribution in [0.5, 0.6) is 5.75 Å². The number of nitrogens with one attached hydrogen (secondary N) is 4. The van der Waals surface area contributed by atoms with Crippen molar-refractivity contribution in [1.82, 2.24) is 15.3 Å². The first kappa shape index (κ1) is 22.7. The predicted octanol–water partition coefficient (Wildman–Crippen LogP) is 2.95. The van der Waals surface area contributed by atoms with Crippen molar-refractivity contribution in [3.8, 4) is 5.75 Å². The number of carbonyl (C=O) groups is 1. The van der Waals surface area contributed by atoms with E-state index in [1.54, 1.807) is 18.2 Å². The minimum atomic E-state index is -4.01. The zero-order valence-corrected chi connectivity index (χ0v) is 19.6. The molecule has 0 aliphatic heterocycles. The van der Waals surface area contributed by atoms with Gasteiger partial charge in [-0.15, -0.1) is 0 Å². The molecular weight excluding hydrogens is 468 g/mol. The van der Waals surface area contributed by atoms with Crippen molar-refractivity contribution >= 4 is 32.7 Å². The summed E-state index contributed by atoms with van der Waals surface area (Å²) in [5, 5.41) is 2.77. The lowest BCUT2D eigenvalue weighted by molar-refractivity contribution is 0.0948. The number of anilines is 1. The lowest BCUT2D eigenvalue weighted by atomic mass is 10.1. The summed E-state index contributed by atoms with van der Waals surface area (Å²) in [6, 6.07) is 16.7. The Bertz CT molecular complexity index is 1570. The van der Waals surface area contributed by atoms with E-state index in [2.05, 4.69) is 32.1 Å². The second-order valence-corrected chi connectivity index (χ2v) is 10.0. The Kier molecular flexibility index (Phi) is 6.04. The summed E-state index contributed by atoms with van der Waals surface area (Å²) in [6.45, 7) is 0.543. The second-order valence-electron chi connectivity index (χ2n) is 8.33. The average molecular weight is 493 g/mol. The summed E-state index contributed by atoms with van der Waals surface area (Å²) in [5.41, 5.74) is 3.45. The van der Waals surface area contributed by atoms with E-state index in [-0.39, 0.29) is 29.3 Å². The minimum absolute atomic E-state index is 0.0433. The molecule has 35 heavy (non-hydrogen) atoms. The van der Waals surface area contributed by atoms with Gasteiger partial charge in [-0.25, -0.2) is 13.2 Å². The molecule has 9 nitrogen and oxygen atoms in total. The predicted molar refractivity (Wildman–Crippen MR) is 132 cm³/mol. The molecule has 1 aromatic heterocycles. The Hall–Kier alpha value is -4.05. The molecule has 1 aliphatic carbocycles. The molecule has 0 saturated carbocycles. The largest absolute Gasteiger partial charge is 0.492 e. The lowest BCUT2D eigenvalue weighted by Crippen LogP contribution is -2.29. The summed E-state index contributed by atoms with van der Waals surface area (Å²) >= 11 is 0. The molecule has 1 heterocycles. The first-order chi connectivity index (χ1) is 16.9. The third-order valence-electron chi connectivity index (χ3n) is 5.94. The molecule has 0 atom stereocenters. The minimum Gasteiger partial charge on any atom is -0.492 e. The number of aromatic amines is 2. The number of aryl methyl sites for hydroxylation is 2. The van der Waals surface area contributed by atoms with Gasteiger partial charge < -0.3 is 20.0 Å². The van der Waals surface area contributed by atoms with Crippen molar-refractivity contribution in [2.75, 3.05) is 17.9 Å². The van der Waals surface area contributed by atoms with Gasteiger partial charge >= 0.3 is 5.69 Å². The number of aromatic nitrogens is 2. The number of carbonyl (C=O) groups excluding carboxylic acids is 1. The molecule has 5 rings (SSSR count). The number of hydrogen-bond acceptors (Lipinski definition) is 5. The SMILES string of the molecule is O=C(NCCOc1ccc2c(c1)CCC2)c1ccccc1NS(=O)(=O)c1ccc2[nH]c(=O)[nH]c2c1. The van der Waals surface area contributed by atoms with Crippen LogP contribution in [-0.2, 0) is 22.9 Å². The van der Waals surface area contributed by atoms with Crippen molar-refractivity contribution < 1.29 is 17.9 Å². The standard InChI is InChI=1S/C25H24N4O5S/c30-24(26-12-13-34-18-9-8-16-4-3-5-17(16)14-18)20-6-1-2-7-21(20)29-35(32,33)19-10-11-22-23(15-19)28-25(31)27-22/h1-2,6-11,14-15,29H,3-5,12-13H2,(H,26,30)(H2,27,28,31). The number of H-pyrrole nitrogens is 2. The Labute approximate surface area is 201 Å². The maximum atomic E-state index is 13.0. The maximum Gasteiger partial charge on any atom is 0.323 e. The summed E-state index contributed by atoms with van der Waals surface area (Å²) < 4.78 is 34.2. The normalized spacial score (nSPS) is 12.9. The number of imidazole rings is 1. The van der Waals surface area contributed by atoms with Crippen molar-refractivity contribution in [1.29, 1.82) is 0 Å².